The maximum absolute atomic E-state index is 11.4. The highest BCUT2D eigenvalue weighted by Crippen LogP contribution is 2.42. The van der Waals surface area contributed by atoms with Gasteiger partial charge >= 0.3 is 0 Å². The van der Waals surface area contributed by atoms with Crippen molar-refractivity contribution in [2.24, 2.45) is 0 Å². The third-order valence-corrected chi connectivity index (χ3v) is 3.64. The predicted molar refractivity (Wildman–Crippen MR) is 77.7 cm³/mol. The fourth-order valence-electron chi connectivity index (χ4n) is 2.76. The maximum atomic E-state index is 11.4. The number of aliphatic hydroxyl groups is 1. The molecule has 1 heterocycles. The van der Waals surface area contributed by atoms with Gasteiger partial charge in [0.2, 0.25) is 5.91 Å². The molecule has 1 aliphatic heterocycles. The average molecular weight is 277 g/mol. The van der Waals surface area contributed by atoms with Crippen LogP contribution in [0.15, 0.2) is 12.1 Å². The summed E-state index contributed by atoms with van der Waals surface area (Å²) in [6.07, 6.45) is 0.175. The van der Waals surface area contributed by atoms with Gasteiger partial charge in [0.25, 0.3) is 0 Å². The lowest BCUT2D eigenvalue weighted by Crippen LogP contribution is -2.41. The van der Waals surface area contributed by atoms with E-state index in [2.05, 4.69) is 5.32 Å². The number of hydrogen-bond donors (Lipinski definition) is 2. The molecule has 2 rings (SSSR count). The molecule has 4 nitrogen and oxygen atoms in total. The molecule has 1 aromatic carbocycles. The molecule has 0 aromatic heterocycles. The van der Waals surface area contributed by atoms with E-state index in [1.54, 1.807) is 6.92 Å². The van der Waals surface area contributed by atoms with Gasteiger partial charge in [-0.1, -0.05) is 0 Å². The molecule has 20 heavy (non-hydrogen) atoms. The number of carbonyl (C=O) groups is 1. The van der Waals surface area contributed by atoms with E-state index in [9.17, 15) is 9.90 Å². The standard InChI is InChI=1S/C16H23NO3/c1-9-6-12(10(2)18)7-13-14(17-11(3)19)8-16(4,5)20-15(9)13/h6-7,10,14,18H,8H2,1-5H3,(H,17,19). The van der Waals surface area contributed by atoms with Gasteiger partial charge in [-0.25, -0.2) is 0 Å². The lowest BCUT2D eigenvalue weighted by Gasteiger charge is -2.39. The molecule has 0 bridgehead atoms. The Morgan fingerprint density at radius 3 is 2.70 bits per heavy atom. The van der Waals surface area contributed by atoms with Gasteiger partial charge in [0, 0.05) is 18.9 Å². The Morgan fingerprint density at radius 1 is 1.50 bits per heavy atom. The summed E-state index contributed by atoms with van der Waals surface area (Å²) in [7, 11) is 0. The Bertz CT molecular complexity index is 535. The van der Waals surface area contributed by atoms with Crippen molar-refractivity contribution in [2.75, 3.05) is 0 Å². The molecule has 2 atom stereocenters. The van der Waals surface area contributed by atoms with Crippen LogP contribution in [0.3, 0.4) is 0 Å². The average Bonchev–Trinajstić information content (AvgIpc) is 2.28. The zero-order valence-electron chi connectivity index (χ0n) is 12.8. The summed E-state index contributed by atoms with van der Waals surface area (Å²) in [5.74, 6) is 0.767. The van der Waals surface area contributed by atoms with Crippen LogP contribution in [-0.2, 0) is 4.79 Å². The van der Waals surface area contributed by atoms with Crippen molar-refractivity contribution in [1.29, 1.82) is 0 Å². The smallest absolute Gasteiger partial charge is 0.217 e. The maximum Gasteiger partial charge on any atom is 0.217 e. The molecular formula is C16H23NO3. The number of nitrogens with one attached hydrogen (secondary N) is 1. The van der Waals surface area contributed by atoms with E-state index in [0.29, 0.717) is 6.42 Å². The van der Waals surface area contributed by atoms with Gasteiger partial charge in [0.15, 0.2) is 0 Å². The van der Waals surface area contributed by atoms with Crippen molar-refractivity contribution in [2.45, 2.75) is 58.8 Å². The molecule has 0 saturated heterocycles. The lowest BCUT2D eigenvalue weighted by molar-refractivity contribution is -0.120. The minimum Gasteiger partial charge on any atom is -0.487 e. The number of amides is 1. The molecule has 110 valence electrons. The van der Waals surface area contributed by atoms with Crippen LogP contribution < -0.4 is 10.1 Å². The zero-order valence-corrected chi connectivity index (χ0v) is 12.8. The molecule has 1 amide bonds. The summed E-state index contributed by atoms with van der Waals surface area (Å²) in [5.41, 5.74) is 2.47. The highest BCUT2D eigenvalue weighted by molar-refractivity contribution is 5.73. The van der Waals surface area contributed by atoms with E-state index in [1.165, 1.54) is 6.92 Å². The molecule has 1 aromatic rings. The number of aliphatic hydroxyl groups excluding tert-OH is 1. The van der Waals surface area contributed by atoms with Crippen LogP contribution in [0.5, 0.6) is 5.75 Å². The largest absolute Gasteiger partial charge is 0.487 e. The SMILES string of the molecule is CC(=O)NC1CC(C)(C)Oc2c(C)cc(C(C)O)cc21. The summed E-state index contributed by atoms with van der Waals surface area (Å²) in [6.45, 7) is 9.27. The third-order valence-electron chi connectivity index (χ3n) is 3.64. The van der Waals surface area contributed by atoms with Gasteiger partial charge < -0.3 is 15.2 Å². The van der Waals surface area contributed by atoms with Crippen molar-refractivity contribution >= 4 is 5.91 Å². The zero-order chi connectivity index (χ0) is 15.1. The second-order valence-corrected chi connectivity index (χ2v) is 6.25. The minimum absolute atomic E-state index is 0.0567. The van der Waals surface area contributed by atoms with Gasteiger partial charge in [-0.2, -0.15) is 0 Å². The van der Waals surface area contributed by atoms with Crippen molar-refractivity contribution < 1.29 is 14.6 Å². The van der Waals surface area contributed by atoms with E-state index < -0.39 is 6.10 Å². The van der Waals surface area contributed by atoms with Gasteiger partial charge in [0.1, 0.15) is 11.4 Å². The first-order chi connectivity index (χ1) is 9.19. The van der Waals surface area contributed by atoms with E-state index in [-0.39, 0.29) is 17.6 Å². The van der Waals surface area contributed by atoms with Crippen molar-refractivity contribution in [3.05, 3.63) is 28.8 Å². The topological polar surface area (TPSA) is 58.6 Å². The number of hydrogen-bond acceptors (Lipinski definition) is 3. The van der Waals surface area contributed by atoms with Gasteiger partial charge in [-0.15, -0.1) is 0 Å². The van der Waals surface area contributed by atoms with Crippen LogP contribution in [0.1, 0.15) is 63.0 Å². The molecule has 0 fully saturated rings. The highest BCUT2D eigenvalue weighted by atomic mass is 16.5. The van der Waals surface area contributed by atoms with E-state index in [4.69, 9.17) is 4.74 Å². The lowest BCUT2D eigenvalue weighted by atomic mass is 9.87. The number of fused-ring (bicyclic) bond motifs is 1. The Hall–Kier alpha value is -1.55. The van der Waals surface area contributed by atoms with Crippen molar-refractivity contribution in [3.8, 4) is 5.75 Å². The molecule has 2 unspecified atom stereocenters. The quantitative estimate of drug-likeness (QED) is 0.874. The van der Waals surface area contributed by atoms with E-state index >= 15 is 0 Å². The van der Waals surface area contributed by atoms with Crippen molar-refractivity contribution in [3.63, 3.8) is 0 Å². The number of carbonyl (C=O) groups excluding carboxylic acids is 1. The summed E-state index contributed by atoms with van der Waals surface area (Å²) in [4.78, 5) is 11.4. The Kier molecular flexibility index (Phi) is 3.78. The van der Waals surface area contributed by atoms with Gasteiger partial charge in [-0.05, 0) is 51.0 Å². The second-order valence-electron chi connectivity index (χ2n) is 6.25. The second kappa shape index (κ2) is 5.09. The minimum atomic E-state index is -0.535. The fraction of sp³-hybridized carbons (Fsp3) is 0.562. The molecule has 0 spiro atoms. The van der Waals surface area contributed by atoms with Crippen LogP contribution >= 0.6 is 0 Å². The van der Waals surface area contributed by atoms with Crippen LogP contribution in [0.2, 0.25) is 0 Å². The monoisotopic (exact) mass is 277 g/mol. The molecule has 0 saturated carbocycles. The first kappa shape index (κ1) is 14.9. The highest BCUT2D eigenvalue weighted by Gasteiger charge is 2.35. The summed E-state index contributed by atoms with van der Waals surface area (Å²) < 4.78 is 6.06. The first-order valence-corrected chi connectivity index (χ1v) is 6.98. The Labute approximate surface area is 120 Å². The molecule has 4 heteroatoms. The predicted octanol–water partition coefficient (Wildman–Crippen LogP) is 2.79. The number of benzene rings is 1. The summed E-state index contributed by atoms with van der Waals surface area (Å²) >= 11 is 0. The van der Waals surface area contributed by atoms with Gasteiger partial charge in [-0.3, -0.25) is 4.79 Å². The van der Waals surface area contributed by atoms with Crippen LogP contribution in [0, 0.1) is 6.92 Å². The fourth-order valence-corrected chi connectivity index (χ4v) is 2.76. The molecule has 2 N–H and O–H groups in total. The number of rotatable bonds is 2. The van der Waals surface area contributed by atoms with Crippen LogP contribution in [-0.4, -0.2) is 16.6 Å². The summed E-state index contributed by atoms with van der Waals surface area (Å²) in [6, 6.07) is 3.79. The number of aryl methyl sites for hydroxylation is 1. The third kappa shape index (κ3) is 2.96. The molecule has 0 aliphatic carbocycles. The van der Waals surface area contributed by atoms with Crippen molar-refractivity contribution in [1.82, 2.24) is 5.32 Å². The number of ether oxygens (including phenoxy) is 1. The van der Waals surface area contributed by atoms with E-state index in [0.717, 1.165) is 22.4 Å². The van der Waals surface area contributed by atoms with Gasteiger partial charge in [0.05, 0.1) is 12.1 Å². The van der Waals surface area contributed by atoms with Crippen LogP contribution in [0.25, 0.3) is 0 Å². The summed E-state index contributed by atoms with van der Waals surface area (Å²) in [5, 5.41) is 12.8. The van der Waals surface area contributed by atoms with E-state index in [1.807, 2.05) is 32.9 Å². The first-order valence-electron chi connectivity index (χ1n) is 6.98. The molecular weight excluding hydrogens is 254 g/mol. The Morgan fingerprint density at radius 2 is 2.15 bits per heavy atom. The molecule has 1 aliphatic rings. The van der Waals surface area contributed by atoms with Crippen LogP contribution in [0.4, 0.5) is 0 Å². The molecule has 0 radical (unpaired) electrons. The Balaban J connectivity index is 2.52. The normalized spacial score (nSPS) is 21.6.